The highest BCUT2D eigenvalue weighted by atomic mass is 32.2. The number of aryl methyl sites for hydroxylation is 2. The lowest BCUT2D eigenvalue weighted by atomic mass is 9.89. The number of benzene rings is 3. The highest BCUT2D eigenvalue weighted by Gasteiger charge is 2.36. The van der Waals surface area contributed by atoms with Crippen molar-refractivity contribution >= 4 is 21.6 Å². The van der Waals surface area contributed by atoms with Crippen LogP contribution in [0.15, 0.2) is 71.6 Å². The third-order valence-corrected chi connectivity index (χ3v) is 8.06. The summed E-state index contributed by atoms with van der Waals surface area (Å²) in [5.74, 6) is 0.691. The van der Waals surface area contributed by atoms with Crippen molar-refractivity contribution in [3.05, 3.63) is 83.4 Å². The average Bonchev–Trinajstić information content (AvgIpc) is 2.83. The number of nitrogens with zero attached hydrogens (tertiary/aromatic N) is 1. The highest BCUT2D eigenvalue weighted by Crippen LogP contribution is 2.40. The van der Waals surface area contributed by atoms with Crippen molar-refractivity contribution in [1.82, 2.24) is 5.32 Å². The van der Waals surface area contributed by atoms with Crippen LogP contribution in [0.1, 0.15) is 49.9 Å². The zero-order valence-electron chi connectivity index (χ0n) is 21.9. The van der Waals surface area contributed by atoms with E-state index in [1.807, 2.05) is 52.8 Å². The van der Waals surface area contributed by atoms with Gasteiger partial charge in [-0.15, -0.1) is 0 Å². The number of ether oxygens (including phenoxy) is 2. The summed E-state index contributed by atoms with van der Waals surface area (Å²) >= 11 is 0. The van der Waals surface area contributed by atoms with Gasteiger partial charge in [0.05, 0.1) is 23.2 Å². The molecule has 0 saturated carbocycles. The summed E-state index contributed by atoms with van der Waals surface area (Å²) < 4.78 is 40.7. The first-order valence-corrected chi connectivity index (χ1v) is 13.8. The van der Waals surface area contributed by atoms with Crippen molar-refractivity contribution in [1.29, 1.82) is 0 Å². The van der Waals surface area contributed by atoms with E-state index in [4.69, 9.17) is 9.47 Å². The maximum Gasteiger partial charge on any atom is 0.264 e. The molecule has 196 valence electrons. The fraction of sp³-hybridized carbons (Fsp3) is 0.345. The van der Waals surface area contributed by atoms with E-state index in [1.165, 1.54) is 0 Å². The minimum Gasteiger partial charge on any atom is -0.492 e. The van der Waals surface area contributed by atoms with Crippen molar-refractivity contribution in [3.8, 4) is 11.5 Å². The molecule has 7 nitrogen and oxygen atoms in total. The Morgan fingerprint density at radius 1 is 1.05 bits per heavy atom. The minimum atomic E-state index is -4.07. The van der Waals surface area contributed by atoms with Gasteiger partial charge < -0.3 is 14.8 Å². The van der Waals surface area contributed by atoms with Crippen molar-refractivity contribution in [2.45, 2.75) is 57.6 Å². The summed E-state index contributed by atoms with van der Waals surface area (Å²) in [6.45, 7) is 9.60. The Bertz CT molecular complexity index is 1380. The quantitative estimate of drug-likeness (QED) is 0.433. The van der Waals surface area contributed by atoms with E-state index in [2.05, 4.69) is 5.32 Å². The summed E-state index contributed by atoms with van der Waals surface area (Å²) in [7, 11) is -4.07. The van der Waals surface area contributed by atoms with E-state index in [0.29, 0.717) is 24.5 Å². The Labute approximate surface area is 219 Å². The van der Waals surface area contributed by atoms with Crippen LogP contribution < -0.4 is 19.1 Å². The maximum atomic E-state index is 13.8. The monoisotopic (exact) mass is 522 g/mol. The molecule has 1 aliphatic heterocycles. The highest BCUT2D eigenvalue weighted by molar-refractivity contribution is 7.92. The molecule has 1 heterocycles. The number of para-hydroxylation sites is 2. The summed E-state index contributed by atoms with van der Waals surface area (Å²) in [5.41, 5.74) is 2.69. The zero-order valence-corrected chi connectivity index (χ0v) is 22.8. The topological polar surface area (TPSA) is 84.9 Å². The molecule has 1 N–H and O–H groups in total. The SMILES string of the molecule is CCOc1ccccc1N(CC(=O)NC1CC(C)(C)Oc2ccc(C)cc21)S(=O)(=O)c1ccc(C)cc1. The number of hydrogen-bond acceptors (Lipinski definition) is 5. The molecule has 1 unspecified atom stereocenters. The van der Waals surface area contributed by atoms with Crippen LogP contribution in [0, 0.1) is 13.8 Å². The molecule has 4 rings (SSSR count). The van der Waals surface area contributed by atoms with E-state index >= 15 is 0 Å². The molecule has 0 saturated heterocycles. The molecular formula is C29H34N2O5S. The molecule has 0 radical (unpaired) electrons. The number of hydrogen-bond donors (Lipinski definition) is 1. The lowest BCUT2D eigenvalue weighted by Crippen LogP contribution is -2.45. The van der Waals surface area contributed by atoms with E-state index in [1.54, 1.807) is 48.5 Å². The van der Waals surface area contributed by atoms with Crippen LogP contribution in [0.25, 0.3) is 0 Å². The molecule has 37 heavy (non-hydrogen) atoms. The van der Waals surface area contributed by atoms with Crippen LogP contribution in [0.2, 0.25) is 0 Å². The number of sulfonamides is 1. The van der Waals surface area contributed by atoms with Gasteiger partial charge in [-0.25, -0.2) is 8.42 Å². The number of amides is 1. The first-order chi connectivity index (χ1) is 17.5. The largest absolute Gasteiger partial charge is 0.492 e. The molecule has 0 bridgehead atoms. The molecule has 1 amide bonds. The third kappa shape index (κ3) is 5.91. The smallest absolute Gasteiger partial charge is 0.264 e. The normalized spacial score (nSPS) is 16.3. The lowest BCUT2D eigenvalue weighted by molar-refractivity contribution is -0.120. The Kier molecular flexibility index (Phi) is 7.50. The Balaban J connectivity index is 1.69. The second-order valence-corrected chi connectivity index (χ2v) is 11.8. The molecule has 3 aromatic rings. The Hall–Kier alpha value is -3.52. The van der Waals surface area contributed by atoms with E-state index in [9.17, 15) is 13.2 Å². The average molecular weight is 523 g/mol. The number of nitrogens with one attached hydrogen (secondary N) is 1. The third-order valence-electron chi connectivity index (χ3n) is 6.29. The molecule has 0 aliphatic carbocycles. The van der Waals surface area contributed by atoms with Gasteiger partial charge in [-0.05, 0) is 65.0 Å². The Morgan fingerprint density at radius 2 is 1.73 bits per heavy atom. The predicted octanol–water partition coefficient (Wildman–Crippen LogP) is 5.32. The molecule has 3 aromatic carbocycles. The Morgan fingerprint density at radius 3 is 2.43 bits per heavy atom. The molecule has 0 spiro atoms. The van der Waals surface area contributed by atoms with Crippen LogP contribution >= 0.6 is 0 Å². The van der Waals surface area contributed by atoms with Gasteiger partial charge in [0.15, 0.2) is 0 Å². The summed E-state index contributed by atoms with van der Waals surface area (Å²) in [6.07, 6.45) is 0.551. The number of carbonyl (C=O) groups is 1. The number of rotatable bonds is 8. The van der Waals surface area contributed by atoms with E-state index in [0.717, 1.165) is 26.7 Å². The van der Waals surface area contributed by atoms with Crippen molar-refractivity contribution in [2.75, 3.05) is 17.5 Å². The minimum absolute atomic E-state index is 0.102. The van der Waals surface area contributed by atoms with Gasteiger partial charge in [0.1, 0.15) is 23.6 Å². The lowest BCUT2D eigenvalue weighted by Gasteiger charge is -2.38. The van der Waals surface area contributed by atoms with Crippen LogP contribution in [-0.4, -0.2) is 33.1 Å². The standard InChI is InChI=1S/C29H34N2O5S/c1-6-35-27-10-8-7-9-25(27)31(37(33,34)22-14-11-20(2)12-15-22)19-28(32)30-24-18-29(4,5)36-26-16-13-21(3)17-23(24)26/h7-17,24H,6,18-19H2,1-5H3,(H,30,32). The van der Waals surface area contributed by atoms with Crippen molar-refractivity contribution in [2.24, 2.45) is 0 Å². The van der Waals surface area contributed by atoms with Gasteiger partial charge in [-0.3, -0.25) is 9.10 Å². The number of anilines is 1. The van der Waals surface area contributed by atoms with Crippen LogP contribution in [-0.2, 0) is 14.8 Å². The molecule has 8 heteroatoms. The number of carbonyl (C=O) groups excluding carboxylic acids is 1. The molecule has 1 atom stereocenters. The fourth-order valence-corrected chi connectivity index (χ4v) is 5.98. The van der Waals surface area contributed by atoms with Gasteiger partial charge in [-0.1, -0.05) is 47.5 Å². The predicted molar refractivity (Wildman–Crippen MR) is 145 cm³/mol. The summed E-state index contributed by atoms with van der Waals surface area (Å²) in [6, 6.07) is 19.0. The first kappa shape index (κ1) is 26.5. The van der Waals surface area contributed by atoms with Crippen LogP contribution in [0.4, 0.5) is 5.69 Å². The first-order valence-electron chi connectivity index (χ1n) is 12.4. The van der Waals surface area contributed by atoms with Gasteiger partial charge in [0.25, 0.3) is 10.0 Å². The maximum absolute atomic E-state index is 13.8. The van der Waals surface area contributed by atoms with E-state index < -0.39 is 28.1 Å². The van der Waals surface area contributed by atoms with Crippen molar-refractivity contribution in [3.63, 3.8) is 0 Å². The van der Waals surface area contributed by atoms with Gasteiger partial charge >= 0.3 is 0 Å². The molecule has 0 aromatic heterocycles. The van der Waals surface area contributed by atoms with Gasteiger partial charge in [0, 0.05) is 12.0 Å². The summed E-state index contributed by atoms with van der Waals surface area (Å²) in [4.78, 5) is 13.6. The van der Waals surface area contributed by atoms with Gasteiger partial charge in [-0.2, -0.15) is 0 Å². The van der Waals surface area contributed by atoms with Crippen LogP contribution in [0.5, 0.6) is 11.5 Å². The zero-order chi connectivity index (χ0) is 26.8. The molecule has 1 aliphatic rings. The fourth-order valence-electron chi connectivity index (χ4n) is 4.55. The summed E-state index contributed by atoms with van der Waals surface area (Å²) in [5, 5.41) is 3.08. The molecular weight excluding hydrogens is 488 g/mol. The number of fused-ring (bicyclic) bond motifs is 1. The second kappa shape index (κ2) is 10.5. The second-order valence-electron chi connectivity index (χ2n) is 9.95. The van der Waals surface area contributed by atoms with E-state index in [-0.39, 0.29) is 10.9 Å². The van der Waals surface area contributed by atoms with Crippen LogP contribution in [0.3, 0.4) is 0 Å². The molecule has 0 fully saturated rings. The van der Waals surface area contributed by atoms with Gasteiger partial charge in [0.2, 0.25) is 5.91 Å². The van der Waals surface area contributed by atoms with Crippen molar-refractivity contribution < 1.29 is 22.7 Å².